The van der Waals surface area contributed by atoms with Gasteiger partial charge in [-0.25, -0.2) is 0 Å². The van der Waals surface area contributed by atoms with Crippen molar-refractivity contribution in [2.45, 2.75) is 6.54 Å². The maximum absolute atomic E-state index is 12.2. The van der Waals surface area contributed by atoms with Gasteiger partial charge in [-0.05, 0) is 19.2 Å². The van der Waals surface area contributed by atoms with Crippen LogP contribution in [0.4, 0.5) is 5.69 Å². The standard InChI is InChI=1S/C16H22N4O3/c1-19(9-12-8-17-20(2)10-12)11-16(21)18-14-7-13(22-3)5-6-15(14)23-4/h5-8,10H,9,11H2,1-4H3,(H,18,21). The molecule has 2 aromatic rings. The van der Waals surface area contributed by atoms with Gasteiger partial charge in [0.25, 0.3) is 0 Å². The molecule has 23 heavy (non-hydrogen) atoms. The first-order chi connectivity index (χ1) is 11.0. The van der Waals surface area contributed by atoms with Crippen molar-refractivity contribution in [2.24, 2.45) is 7.05 Å². The molecule has 0 bridgehead atoms. The Balaban J connectivity index is 1.96. The highest BCUT2D eigenvalue weighted by atomic mass is 16.5. The van der Waals surface area contributed by atoms with Crippen molar-refractivity contribution < 1.29 is 14.3 Å². The lowest BCUT2D eigenvalue weighted by atomic mass is 10.2. The molecule has 7 nitrogen and oxygen atoms in total. The Morgan fingerprint density at radius 3 is 2.74 bits per heavy atom. The molecular formula is C16H22N4O3. The number of anilines is 1. The number of aromatic nitrogens is 2. The van der Waals surface area contributed by atoms with Gasteiger partial charge in [0.05, 0.1) is 32.6 Å². The van der Waals surface area contributed by atoms with Gasteiger partial charge in [-0.1, -0.05) is 0 Å². The fraction of sp³-hybridized carbons (Fsp3) is 0.375. The summed E-state index contributed by atoms with van der Waals surface area (Å²) in [5, 5.41) is 6.97. The van der Waals surface area contributed by atoms with Gasteiger partial charge in [-0.3, -0.25) is 14.4 Å². The highest BCUT2D eigenvalue weighted by Crippen LogP contribution is 2.28. The molecule has 1 aromatic heterocycles. The second kappa shape index (κ2) is 7.64. The van der Waals surface area contributed by atoms with Crippen LogP contribution in [-0.2, 0) is 18.4 Å². The largest absolute Gasteiger partial charge is 0.497 e. The van der Waals surface area contributed by atoms with E-state index >= 15 is 0 Å². The zero-order valence-corrected chi connectivity index (χ0v) is 13.9. The van der Waals surface area contributed by atoms with Gasteiger partial charge < -0.3 is 14.8 Å². The molecule has 0 radical (unpaired) electrons. The average molecular weight is 318 g/mol. The lowest BCUT2D eigenvalue weighted by molar-refractivity contribution is -0.117. The number of aryl methyl sites for hydroxylation is 1. The first-order valence-corrected chi connectivity index (χ1v) is 7.19. The normalized spacial score (nSPS) is 10.7. The third kappa shape index (κ3) is 4.72. The predicted molar refractivity (Wildman–Crippen MR) is 87.7 cm³/mol. The molecule has 0 unspecified atom stereocenters. The summed E-state index contributed by atoms with van der Waals surface area (Å²) in [6, 6.07) is 5.27. The van der Waals surface area contributed by atoms with Crippen LogP contribution in [0.1, 0.15) is 5.56 Å². The number of methoxy groups -OCH3 is 2. The Bertz CT molecular complexity index is 669. The molecule has 2 rings (SSSR count). The van der Waals surface area contributed by atoms with Crippen molar-refractivity contribution in [1.82, 2.24) is 14.7 Å². The van der Waals surface area contributed by atoms with Crippen LogP contribution in [-0.4, -0.2) is 48.4 Å². The van der Waals surface area contributed by atoms with E-state index in [0.29, 0.717) is 23.7 Å². The predicted octanol–water partition coefficient (Wildman–Crippen LogP) is 1.51. The quantitative estimate of drug-likeness (QED) is 0.838. The molecule has 1 heterocycles. The maximum Gasteiger partial charge on any atom is 0.238 e. The fourth-order valence-electron chi connectivity index (χ4n) is 2.27. The van der Waals surface area contributed by atoms with Gasteiger partial charge in [0, 0.05) is 31.4 Å². The Morgan fingerprint density at radius 2 is 2.13 bits per heavy atom. The molecule has 0 aliphatic carbocycles. The van der Waals surface area contributed by atoms with E-state index in [-0.39, 0.29) is 12.5 Å². The molecule has 0 aliphatic rings. The van der Waals surface area contributed by atoms with Crippen LogP contribution >= 0.6 is 0 Å². The van der Waals surface area contributed by atoms with Crippen molar-refractivity contribution in [3.63, 3.8) is 0 Å². The van der Waals surface area contributed by atoms with E-state index in [4.69, 9.17) is 9.47 Å². The van der Waals surface area contributed by atoms with Crippen LogP contribution in [0, 0.1) is 0 Å². The minimum absolute atomic E-state index is 0.122. The number of benzene rings is 1. The lowest BCUT2D eigenvalue weighted by Crippen LogP contribution is -2.29. The van der Waals surface area contributed by atoms with E-state index in [1.54, 1.807) is 43.3 Å². The summed E-state index contributed by atoms with van der Waals surface area (Å²) in [7, 11) is 6.89. The number of rotatable bonds is 7. The van der Waals surface area contributed by atoms with E-state index in [0.717, 1.165) is 5.56 Å². The number of amides is 1. The van der Waals surface area contributed by atoms with Crippen LogP contribution in [0.3, 0.4) is 0 Å². The van der Waals surface area contributed by atoms with Crippen molar-refractivity contribution in [1.29, 1.82) is 0 Å². The number of carbonyl (C=O) groups is 1. The van der Waals surface area contributed by atoms with E-state index < -0.39 is 0 Å². The summed E-state index contributed by atoms with van der Waals surface area (Å²) >= 11 is 0. The Morgan fingerprint density at radius 1 is 1.35 bits per heavy atom. The van der Waals surface area contributed by atoms with Gasteiger partial charge in [-0.2, -0.15) is 5.10 Å². The van der Waals surface area contributed by atoms with E-state index in [1.807, 2.05) is 25.2 Å². The molecule has 1 aromatic carbocycles. The van der Waals surface area contributed by atoms with Crippen molar-refractivity contribution in [2.75, 3.05) is 33.1 Å². The van der Waals surface area contributed by atoms with Crippen molar-refractivity contribution in [3.8, 4) is 11.5 Å². The van der Waals surface area contributed by atoms with Crippen LogP contribution < -0.4 is 14.8 Å². The molecule has 0 saturated heterocycles. The summed E-state index contributed by atoms with van der Waals surface area (Å²) in [5.41, 5.74) is 1.65. The number of nitrogens with zero attached hydrogens (tertiary/aromatic N) is 3. The summed E-state index contributed by atoms with van der Waals surface area (Å²) in [6.07, 6.45) is 3.72. The zero-order chi connectivity index (χ0) is 16.8. The maximum atomic E-state index is 12.2. The number of likely N-dealkylation sites (N-methyl/N-ethyl adjacent to an activating group) is 1. The van der Waals surface area contributed by atoms with Gasteiger partial charge in [0.1, 0.15) is 11.5 Å². The molecule has 0 spiro atoms. The number of hydrogen-bond acceptors (Lipinski definition) is 5. The van der Waals surface area contributed by atoms with Crippen molar-refractivity contribution in [3.05, 3.63) is 36.2 Å². The Hall–Kier alpha value is -2.54. The second-order valence-electron chi connectivity index (χ2n) is 5.31. The monoisotopic (exact) mass is 318 g/mol. The van der Waals surface area contributed by atoms with Crippen LogP contribution in [0.5, 0.6) is 11.5 Å². The zero-order valence-electron chi connectivity index (χ0n) is 13.9. The number of ether oxygens (including phenoxy) is 2. The number of hydrogen-bond donors (Lipinski definition) is 1. The van der Waals surface area contributed by atoms with E-state index in [1.165, 1.54) is 0 Å². The molecule has 124 valence electrons. The SMILES string of the molecule is COc1ccc(OC)c(NC(=O)CN(C)Cc2cnn(C)c2)c1. The summed E-state index contributed by atoms with van der Waals surface area (Å²) in [4.78, 5) is 14.1. The van der Waals surface area contributed by atoms with Crippen molar-refractivity contribution >= 4 is 11.6 Å². The lowest BCUT2D eigenvalue weighted by Gasteiger charge is -2.16. The molecule has 0 aliphatic heterocycles. The van der Waals surface area contributed by atoms with Gasteiger partial charge in [0.15, 0.2) is 0 Å². The highest BCUT2D eigenvalue weighted by molar-refractivity contribution is 5.93. The minimum Gasteiger partial charge on any atom is -0.497 e. The van der Waals surface area contributed by atoms with Crippen LogP contribution in [0.25, 0.3) is 0 Å². The highest BCUT2D eigenvalue weighted by Gasteiger charge is 2.12. The van der Waals surface area contributed by atoms with E-state index in [9.17, 15) is 4.79 Å². The number of carbonyl (C=O) groups excluding carboxylic acids is 1. The summed E-state index contributed by atoms with van der Waals surface area (Å²) in [6.45, 7) is 0.908. The Labute approximate surface area is 135 Å². The summed E-state index contributed by atoms with van der Waals surface area (Å²) in [5.74, 6) is 1.13. The Kier molecular flexibility index (Phi) is 5.59. The van der Waals surface area contributed by atoms with Gasteiger partial charge in [-0.15, -0.1) is 0 Å². The van der Waals surface area contributed by atoms with Gasteiger partial charge >= 0.3 is 0 Å². The smallest absolute Gasteiger partial charge is 0.238 e. The average Bonchev–Trinajstić information content (AvgIpc) is 2.91. The second-order valence-corrected chi connectivity index (χ2v) is 5.31. The third-order valence-electron chi connectivity index (χ3n) is 3.31. The first-order valence-electron chi connectivity index (χ1n) is 7.19. The molecule has 1 amide bonds. The van der Waals surface area contributed by atoms with Crippen LogP contribution in [0.2, 0.25) is 0 Å². The molecular weight excluding hydrogens is 296 g/mol. The minimum atomic E-state index is -0.122. The molecule has 0 fully saturated rings. The molecule has 7 heteroatoms. The molecule has 0 saturated carbocycles. The van der Waals surface area contributed by atoms with Gasteiger partial charge in [0.2, 0.25) is 5.91 Å². The number of nitrogens with one attached hydrogen (secondary N) is 1. The first kappa shape index (κ1) is 16.8. The third-order valence-corrected chi connectivity index (χ3v) is 3.31. The van der Waals surface area contributed by atoms with E-state index in [2.05, 4.69) is 10.4 Å². The molecule has 0 atom stereocenters. The topological polar surface area (TPSA) is 68.6 Å². The summed E-state index contributed by atoms with van der Waals surface area (Å²) < 4.78 is 12.2. The fourth-order valence-corrected chi connectivity index (χ4v) is 2.27. The van der Waals surface area contributed by atoms with Crippen LogP contribution in [0.15, 0.2) is 30.6 Å². The molecule has 1 N–H and O–H groups in total.